The minimum absolute atomic E-state index is 0.126. The third-order valence-corrected chi connectivity index (χ3v) is 3.59. The van der Waals surface area contributed by atoms with E-state index in [1.54, 1.807) is 18.5 Å². The molecule has 0 aliphatic carbocycles. The van der Waals surface area contributed by atoms with Crippen LogP contribution in [0.4, 0.5) is 13.2 Å². The minimum atomic E-state index is -1.53. The van der Waals surface area contributed by atoms with Gasteiger partial charge in [0.05, 0.1) is 11.8 Å². The number of H-pyrrole nitrogens is 1. The van der Waals surface area contributed by atoms with E-state index >= 15 is 0 Å². The Morgan fingerprint density at radius 1 is 0.957 bits per heavy atom. The number of halogens is 3. The first-order valence-corrected chi connectivity index (χ1v) is 6.68. The summed E-state index contributed by atoms with van der Waals surface area (Å²) in [6.45, 7) is 0. The first-order chi connectivity index (χ1) is 11.2. The molecule has 0 saturated heterocycles. The van der Waals surface area contributed by atoms with Crippen LogP contribution >= 0.6 is 0 Å². The fourth-order valence-electron chi connectivity index (χ4n) is 2.50. The molecule has 7 heteroatoms. The van der Waals surface area contributed by atoms with Gasteiger partial charge >= 0.3 is 0 Å². The summed E-state index contributed by atoms with van der Waals surface area (Å²) >= 11 is 0. The predicted octanol–water partition coefficient (Wildman–Crippen LogP) is 4.30. The molecule has 0 aliphatic rings. The van der Waals surface area contributed by atoms with E-state index in [9.17, 15) is 13.2 Å². The van der Waals surface area contributed by atoms with Crippen LogP contribution in [0.15, 0.2) is 47.4 Å². The van der Waals surface area contributed by atoms with Crippen molar-refractivity contribution in [3.05, 3.63) is 60.3 Å². The van der Waals surface area contributed by atoms with Crippen molar-refractivity contribution in [1.29, 1.82) is 0 Å². The smallest absolute Gasteiger partial charge is 0.195 e. The Hall–Kier alpha value is -3.09. The first kappa shape index (κ1) is 13.6. The Labute approximate surface area is 127 Å². The van der Waals surface area contributed by atoms with Crippen molar-refractivity contribution in [3.8, 4) is 22.5 Å². The van der Waals surface area contributed by atoms with Gasteiger partial charge in [-0.1, -0.05) is 5.16 Å². The van der Waals surface area contributed by atoms with Gasteiger partial charge in [-0.2, -0.15) is 0 Å². The van der Waals surface area contributed by atoms with Gasteiger partial charge in [-0.25, -0.2) is 18.2 Å². The number of rotatable bonds is 2. The molecule has 0 unspecified atom stereocenters. The maximum atomic E-state index is 14.1. The van der Waals surface area contributed by atoms with Gasteiger partial charge in [-0.3, -0.25) is 0 Å². The fourth-order valence-corrected chi connectivity index (χ4v) is 2.50. The molecule has 1 aromatic carbocycles. The summed E-state index contributed by atoms with van der Waals surface area (Å²) in [5.41, 5.74) is 1.32. The van der Waals surface area contributed by atoms with E-state index in [0.717, 1.165) is 17.5 Å². The van der Waals surface area contributed by atoms with Gasteiger partial charge < -0.3 is 9.51 Å². The van der Waals surface area contributed by atoms with E-state index in [1.165, 1.54) is 6.20 Å². The first-order valence-electron chi connectivity index (χ1n) is 6.68. The van der Waals surface area contributed by atoms with Gasteiger partial charge in [0, 0.05) is 28.9 Å². The van der Waals surface area contributed by atoms with E-state index in [1.807, 2.05) is 6.07 Å². The maximum Gasteiger partial charge on any atom is 0.195 e. The number of pyridine rings is 1. The number of hydrogen-bond acceptors (Lipinski definition) is 3. The van der Waals surface area contributed by atoms with Crippen molar-refractivity contribution >= 4 is 11.0 Å². The molecule has 0 amide bonds. The van der Waals surface area contributed by atoms with Crippen LogP contribution in [0.1, 0.15) is 0 Å². The van der Waals surface area contributed by atoms with Crippen LogP contribution in [-0.4, -0.2) is 15.1 Å². The Balaban J connectivity index is 1.95. The molecule has 0 atom stereocenters. The van der Waals surface area contributed by atoms with E-state index < -0.39 is 17.5 Å². The number of benzene rings is 1. The summed E-state index contributed by atoms with van der Waals surface area (Å²) in [7, 11) is 0. The lowest BCUT2D eigenvalue weighted by Crippen LogP contribution is -1.94. The molecular formula is C16H8F3N3O. The van der Waals surface area contributed by atoms with Crippen LogP contribution in [0.3, 0.4) is 0 Å². The molecule has 0 spiro atoms. The van der Waals surface area contributed by atoms with Gasteiger partial charge in [-0.15, -0.1) is 0 Å². The molecule has 4 nitrogen and oxygen atoms in total. The highest BCUT2D eigenvalue weighted by molar-refractivity contribution is 5.96. The van der Waals surface area contributed by atoms with Gasteiger partial charge in [-0.05, 0) is 24.3 Å². The normalized spacial score (nSPS) is 11.3. The summed E-state index contributed by atoms with van der Waals surface area (Å²) in [6.07, 6.45) is 4.53. The number of fused-ring (bicyclic) bond motifs is 1. The summed E-state index contributed by atoms with van der Waals surface area (Å²) in [4.78, 5) is 7.12. The lowest BCUT2D eigenvalue weighted by molar-refractivity contribution is 0.432. The van der Waals surface area contributed by atoms with E-state index in [4.69, 9.17) is 4.52 Å². The van der Waals surface area contributed by atoms with Gasteiger partial charge in [0.25, 0.3) is 0 Å². The summed E-state index contributed by atoms with van der Waals surface area (Å²) in [6, 6.07) is 5.56. The van der Waals surface area contributed by atoms with Gasteiger partial charge in [0.15, 0.2) is 23.2 Å². The predicted molar refractivity (Wildman–Crippen MR) is 76.9 cm³/mol. The molecule has 4 aromatic rings. The number of aromatic nitrogens is 3. The SMILES string of the molecule is Fc1ccc(-c2cnoc2-c2c[nH]c3ncccc23)c(F)c1F. The molecule has 3 heterocycles. The topological polar surface area (TPSA) is 54.7 Å². The molecule has 23 heavy (non-hydrogen) atoms. The molecule has 0 saturated carbocycles. The van der Waals surface area contributed by atoms with Crippen LogP contribution in [-0.2, 0) is 0 Å². The van der Waals surface area contributed by atoms with Crippen LogP contribution in [0.25, 0.3) is 33.5 Å². The second kappa shape index (κ2) is 4.98. The molecule has 0 bridgehead atoms. The lowest BCUT2D eigenvalue weighted by Gasteiger charge is -2.04. The molecule has 0 radical (unpaired) electrons. The standard InChI is InChI=1S/C16H8F3N3O/c17-12-4-3-8(13(18)14(12)19)11-7-22-23-15(11)10-6-21-16-9(10)2-1-5-20-16/h1-7H,(H,20,21). The number of aromatic amines is 1. The molecule has 114 valence electrons. The number of nitrogens with one attached hydrogen (secondary N) is 1. The van der Waals surface area contributed by atoms with Crippen LogP contribution < -0.4 is 0 Å². The number of hydrogen-bond donors (Lipinski definition) is 1. The molecular weight excluding hydrogens is 307 g/mol. The molecule has 0 fully saturated rings. The van der Waals surface area contributed by atoms with E-state index in [0.29, 0.717) is 11.2 Å². The van der Waals surface area contributed by atoms with Gasteiger partial charge in [0.2, 0.25) is 0 Å². The second-order valence-electron chi connectivity index (χ2n) is 4.89. The Bertz CT molecular complexity index is 1020. The van der Waals surface area contributed by atoms with Crippen molar-refractivity contribution in [1.82, 2.24) is 15.1 Å². The Kier molecular flexibility index (Phi) is 2.94. The van der Waals surface area contributed by atoms with Crippen molar-refractivity contribution < 1.29 is 17.7 Å². The van der Waals surface area contributed by atoms with Crippen molar-refractivity contribution in [2.75, 3.05) is 0 Å². The van der Waals surface area contributed by atoms with E-state index in [-0.39, 0.29) is 16.9 Å². The largest absolute Gasteiger partial charge is 0.356 e. The third-order valence-electron chi connectivity index (χ3n) is 3.59. The van der Waals surface area contributed by atoms with Crippen molar-refractivity contribution in [2.45, 2.75) is 0 Å². The summed E-state index contributed by atoms with van der Waals surface area (Å²) in [5, 5.41) is 4.41. The van der Waals surface area contributed by atoms with Crippen molar-refractivity contribution in [2.24, 2.45) is 0 Å². The molecule has 0 aliphatic heterocycles. The average Bonchev–Trinajstić information content (AvgIpc) is 3.19. The maximum absolute atomic E-state index is 14.1. The Morgan fingerprint density at radius 2 is 1.83 bits per heavy atom. The highest BCUT2D eigenvalue weighted by Gasteiger charge is 2.22. The Morgan fingerprint density at radius 3 is 2.70 bits per heavy atom. The van der Waals surface area contributed by atoms with Gasteiger partial charge in [0.1, 0.15) is 5.65 Å². The quantitative estimate of drug-likeness (QED) is 0.561. The van der Waals surface area contributed by atoms with Crippen molar-refractivity contribution in [3.63, 3.8) is 0 Å². The van der Waals surface area contributed by atoms with Crippen LogP contribution in [0.2, 0.25) is 0 Å². The average molecular weight is 315 g/mol. The second-order valence-corrected chi connectivity index (χ2v) is 4.89. The monoisotopic (exact) mass is 315 g/mol. The highest BCUT2D eigenvalue weighted by Crippen LogP contribution is 2.37. The zero-order valence-corrected chi connectivity index (χ0v) is 11.5. The molecule has 1 N–H and O–H groups in total. The minimum Gasteiger partial charge on any atom is -0.356 e. The van der Waals surface area contributed by atoms with Crippen LogP contribution in [0.5, 0.6) is 0 Å². The fraction of sp³-hybridized carbons (Fsp3) is 0. The van der Waals surface area contributed by atoms with Crippen LogP contribution in [0, 0.1) is 17.5 Å². The summed E-state index contributed by atoms with van der Waals surface area (Å²) < 4.78 is 45.9. The lowest BCUT2D eigenvalue weighted by atomic mass is 10.0. The summed E-state index contributed by atoms with van der Waals surface area (Å²) in [5.74, 6) is -3.82. The number of nitrogens with zero attached hydrogens (tertiary/aromatic N) is 2. The zero-order chi connectivity index (χ0) is 16.0. The molecule has 4 rings (SSSR count). The zero-order valence-electron chi connectivity index (χ0n) is 11.5. The molecule has 3 aromatic heterocycles. The highest BCUT2D eigenvalue weighted by atomic mass is 19.2. The third kappa shape index (κ3) is 2.01. The van der Waals surface area contributed by atoms with E-state index in [2.05, 4.69) is 15.1 Å².